The van der Waals surface area contributed by atoms with Gasteiger partial charge in [-0.25, -0.2) is 0 Å². The third kappa shape index (κ3) is 5.14. The molecule has 0 aromatic heterocycles. The van der Waals surface area contributed by atoms with Crippen LogP contribution in [0.3, 0.4) is 0 Å². The number of hydrogen-bond donors (Lipinski definition) is 7. The molecule has 0 bridgehead atoms. The van der Waals surface area contributed by atoms with E-state index in [1.807, 2.05) is 0 Å². The zero-order valence-electron chi connectivity index (χ0n) is 21.2. The van der Waals surface area contributed by atoms with Gasteiger partial charge in [0.15, 0.2) is 23.0 Å². The summed E-state index contributed by atoms with van der Waals surface area (Å²) in [5.74, 6) is 0.540. The van der Waals surface area contributed by atoms with Crippen molar-refractivity contribution in [1.82, 2.24) is 0 Å². The lowest BCUT2D eigenvalue weighted by atomic mass is 9.89. The summed E-state index contributed by atoms with van der Waals surface area (Å²) in [4.78, 5) is 0. The molecule has 0 spiro atoms. The highest BCUT2D eigenvalue weighted by Crippen LogP contribution is 2.52. The minimum atomic E-state index is -1.50. The van der Waals surface area contributed by atoms with Gasteiger partial charge >= 0.3 is 0 Å². The standard InChI is InChI=1S/C26H34O12/c1-11-20(30)22(32)23(33)26(36-11)37-17-5-4-12(7-18(17)34-2)24-15(9-27)14-6-13(21(31)16(29)10-28)8-19(35-3)25(14)38-24/h4-8,11,15-16,20-24,26-33H,9-10H2,1-3H3/t11-,15-,16-,20-,21+,22+,23+,24+,26-/m0/s1. The van der Waals surface area contributed by atoms with Crippen LogP contribution in [0.5, 0.6) is 23.0 Å². The number of benzene rings is 2. The van der Waals surface area contributed by atoms with Crippen LogP contribution >= 0.6 is 0 Å². The molecular weight excluding hydrogens is 504 g/mol. The van der Waals surface area contributed by atoms with Gasteiger partial charge in [0.1, 0.15) is 36.6 Å². The Morgan fingerprint density at radius 2 is 1.61 bits per heavy atom. The van der Waals surface area contributed by atoms with Crippen LogP contribution in [0.1, 0.15) is 41.7 Å². The van der Waals surface area contributed by atoms with E-state index in [9.17, 15) is 35.7 Å². The third-order valence-electron chi connectivity index (χ3n) is 6.99. The number of fused-ring (bicyclic) bond motifs is 1. The lowest BCUT2D eigenvalue weighted by molar-refractivity contribution is -0.268. The Kier molecular flexibility index (Phi) is 8.65. The van der Waals surface area contributed by atoms with Crippen LogP contribution in [0.2, 0.25) is 0 Å². The van der Waals surface area contributed by atoms with Gasteiger partial charge in [0, 0.05) is 5.56 Å². The van der Waals surface area contributed by atoms with E-state index in [-0.39, 0.29) is 23.9 Å². The second-order valence-electron chi connectivity index (χ2n) is 9.37. The number of aliphatic hydroxyl groups excluding tert-OH is 7. The Bertz CT molecular complexity index is 1110. The van der Waals surface area contributed by atoms with Crippen molar-refractivity contribution >= 4 is 0 Å². The molecule has 0 radical (unpaired) electrons. The molecule has 4 rings (SSSR count). The van der Waals surface area contributed by atoms with E-state index in [0.29, 0.717) is 22.4 Å². The fraction of sp³-hybridized carbons (Fsp3) is 0.538. The largest absolute Gasteiger partial charge is 0.493 e. The average Bonchev–Trinajstić information content (AvgIpc) is 3.32. The highest BCUT2D eigenvalue weighted by Gasteiger charge is 2.44. The average molecular weight is 539 g/mol. The molecule has 2 aromatic rings. The highest BCUT2D eigenvalue weighted by atomic mass is 16.7. The van der Waals surface area contributed by atoms with E-state index < -0.39 is 61.5 Å². The van der Waals surface area contributed by atoms with E-state index in [2.05, 4.69) is 0 Å². The number of rotatable bonds is 9. The zero-order chi connectivity index (χ0) is 27.7. The fourth-order valence-corrected chi connectivity index (χ4v) is 4.75. The SMILES string of the molecule is COc1cc([C@H]2Oc3c(OC)cc([C@@H](O)[C@@H](O)CO)cc3[C@@H]2CO)ccc1O[C@@H]1O[C@@H](C)[C@H](O)[C@@H](O)[C@H]1O. The molecule has 2 aliphatic heterocycles. The van der Waals surface area contributed by atoms with Gasteiger partial charge in [0.05, 0.1) is 39.5 Å². The maximum absolute atomic E-state index is 10.4. The first-order valence-corrected chi connectivity index (χ1v) is 12.2. The maximum atomic E-state index is 10.4. The predicted octanol–water partition coefficient (Wildman–Crippen LogP) is -0.494. The highest BCUT2D eigenvalue weighted by molar-refractivity contribution is 5.56. The Morgan fingerprint density at radius 3 is 2.24 bits per heavy atom. The van der Waals surface area contributed by atoms with Crippen LogP contribution in [0.15, 0.2) is 30.3 Å². The first-order valence-electron chi connectivity index (χ1n) is 12.2. The summed E-state index contributed by atoms with van der Waals surface area (Å²) < 4.78 is 28.4. The lowest BCUT2D eigenvalue weighted by Crippen LogP contribution is -2.58. The van der Waals surface area contributed by atoms with E-state index in [0.717, 1.165) is 0 Å². The second kappa shape index (κ2) is 11.6. The van der Waals surface area contributed by atoms with Gasteiger partial charge in [-0.15, -0.1) is 0 Å². The van der Waals surface area contributed by atoms with Crippen molar-refractivity contribution < 1.29 is 59.4 Å². The summed E-state index contributed by atoms with van der Waals surface area (Å²) in [5, 5.41) is 70.1. The van der Waals surface area contributed by atoms with Crippen LogP contribution in [0.25, 0.3) is 0 Å². The third-order valence-corrected chi connectivity index (χ3v) is 6.99. The maximum Gasteiger partial charge on any atom is 0.229 e. The summed E-state index contributed by atoms with van der Waals surface area (Å²) in [6, 6.07) is 7.98. The first-order chi connectivity index (χ1) is 18.1. The first kappa shape index (κ1) is 28.3. The molecule has 2 aliphatic rings. The van der Waals surface area contributed by atoms with Crippen molar-refractivity contribution in [1.29, 1.82) is 0 Å². The normalized spacial score (nSPS) is 30.2. The molecule has 2 aromatic carbocycles. The summed E-state index contributed by atoms with van der Waals surface area (Å²) in [6.07, 6.45) is -9.74. The molecule has 12 nitrogen and oxygen atoms in total. The molecule has 12 heteroatoms. The number of methoxy groups -OCH3 is 2. The van der Waals surface area contributed by atoms with Crippen molar-refractivity contribution in [3.63, 3.8) is 0 Å². The molecule has 2 heterocycles. The van der Waals surface area contributed by atoms with Crippen LogP contribution < -0.4 is 18.9 Å². The molecule has 0 aliphatic carbocycles. The molecule has 7 N–H and O–H groups in total. The van der Waals surface area contributed by atoms with Gasteiger partial charge in [0.25, 0.3) is 0 Å². The Morgan fingerprint density at radius 1 is 0.895 bits per heavy atom. The van der Waals surface area contributed by atoms with Crippen molar-refractivity contribution in [2.75, 3.05) is 27.4 Å². The molecule has 9 atom stereocenters. The molecule has 210 valence electrons. The summed E-state index contributed by atoms with van der Waals surface area (Å²) >= 11 is 0. The van der Waals surface area contributed by atoms with Gasteiger partial charge in [-0.2, -0.15) is 0 Å². The zero-order valence-corrected chi connectivity index (χ0v) is 21.2. The Hall–Kier alpha value is -2.68. The molecule has 0 unspecified atom stereocenters. The van der Waals surface area contributed by atoms with E-state index >= 15 is 0 Å². The molecule has 1 saturated heterocycles. The smallest absolute Gasteiger partial charge is 0.229 e. The van der Waals surface area contributed by atoms with Gasteiger partial charge in [0.2, 0.25) is 6.29 Å². The molecule has 38 heavy (non-hydrogen) atoms. The fourth-order valence-electron chi connectivity index (χ4n) is 4.75. The molecule has 0 saturated carbocycles. The van der Waals surface area contributed by atoms with Crippen molar-refractivity contribution in [2.45, 2.75) is 61.9 Å². The predicted molar refractivity (Wildman–Crippen MR) is 130 cm³/mol. The van der Waals surface area contributed by atoms with Crippen LogP contribution in [-0.4, -0.2) is 100.0 Å². The van der Waals surface area contributed by atoms with E-state index in [4.69, 9.17) is 23.7 Å². The van der Waals surface area contributed by atoms with Gasteiger partial charge in [-0.3, -0.25) is 0 Å². The van der Waals surface area contributed by atoms with E-state index in [1.165, 1.54) is 20.3 Å². The quantitative estimate of drug-likeness (QED) is 0.217. The van der Waals surface area contributed by atoms with Crippen molar-refractivity contribution in [3.8, 4) is 23.0 Å². The number of ether oxygens (including phenoxy) is 5. The summed E-state index contributed by atoms with van der Waals surface area (Å²) in [7, 11) is 2.84. The van der Waals surface area contributed by atoms with Crippen molar-refractivity contribution in [3.05, 3.63) is 47.0 Å². The topological polar surface area (TPSA) is 188 Å². The molecule has 0 amide bonds. The van der Waals surface area contributed by atoms with Gasteiger partial charge < -0.3 is 59.4 Å². The Balaban J connectivity index is 1.62. The molecule has 1 fully saturated rings. The van der Waals surface area contributed by atoms with Gasteiger partial charge in [-0.05, 0) is 42.3 Å². The summed E-state index contributed by atoms with van der Waals surface area (Å²) in [6.45, 7) is 0.589. The van der Waals surface area contributed by atoms with E-state index in [1.54, 1.807) is 31.2 Å². The minimum Gasteiger partial charge on any atom is -0.493 e. The monoisotopic (exact) mass is 538 g/mol. The van der Waals surface area contributed by atoms with Crippen LogP contribution in [0.4, 0.5) is 0 Å². The second-order valence-corrected chi connectivity index (χ2v) is 9.37. The Labute approximate surface area is 219 Å². The van der Waals surface area contributed by atoms with Crippen molar-refractivity contribution in [2.24, 2.45) is 0 Å². The number of aliphatic hydroxyl groups is 7. The van der Waals surface area contributed by atoms with Gasteiger partial charge in [-0.1, -0.05) is 6.07 Å². The lowest BCUT2D eigenvalue weighted by Gasteiger charge is -2.39. The molecular formula is C26H34O12. The minimum absolute atomic E-state index is 0.202. The van der Waals surface area contributed by atoms with Crippen LogP contribution in [-0.2, 0) is 4.74 Å². The van der Waals surface area contributed by atoms with Crippen LogP contribution in [0, 0.1) is 0 Å². The summed E-state index contributed by atoms with van der Waals surface area (Å²) in [5.41, 5.74) is 1.45. The number of hydrogen-bond acceptors (Lipinski definition) is 12.